The molecule has 1 N–H and O–H groups in total. The standard InChI is InChI=1S/C28H28F3NO4S/c1-18-13-26(25(35-2)14-24(18)36-17-27(33)34)37-12-11-20-16-32(23-6-4-3-5-22(20)23)15-19-7-9-21(10-8-19)28(29,30)31/h3-10,13-14,20H,11-12,15-17H2,1-2H3,(H,33,34). The number of halogens is 3. The van der Waals surface area contributed by atoms with Gasteiger partial charge in [-0.15, -0.1) is 11.8 Å². The second-order valence-electron chi connectivity index (χ2n) is 8.92. The quantitative estimate of drug-likeness (QED) is 0.291. The van der Waals surface area contributed by atoms with Gasteiger partial charge in [-0.25, -0.2) is 4.79 Å². The fraction of sp³-hybridized carbons (Fsp3) is 0.321. The van der Waals surface area contributed by atoms with E-state index in [1.54, 1.807) is 37.1 Å². The van der Waals surface area contributed by atoms with Gasteiger partial charge in [0.1, 0.15) is 11.5 Å². The van der Waals surface area contributed by atoms with Crippen molar-refractivity contribution in [1.29, 1.82) is 0 Å². The molecule has 37 heavy (non-hydrogen) atoms. The van der Waals surface area contributed by atoms with Gasteiger partial charge in [-0.3, -0.25) is 0 Å². The Morgan fingerprint density at radius 1 is 1.11 bits per heavy atom. The van der Waals surface area contributed by atoms with Gasteiger partial charge in [-0.1, -0.05) is 30.3 Å². The molecule has 196 valence electrons. The predicted molar refractivity (Wildman–Crippen MR) is 138 cm³/mol. The molecule has 0 saturated carbocycles. The van der Waals surface area contributed by atoms with Crippen molar-refractivity contribution in [2.24, 2.45) is 0 Å². The van der Waals surface area contributed by atoms with Crippen LogP contribution in [-0.2, 0) is 17.5 Å². The molecule has 1 unspecified atom stereocenters. The number of para-hydroxylation sites is 1. The summed E-state index contributed by atoms with van der Waals surface area (Å²) in [7, 11) is 1.57. The van der Waals surface area contributed by atoms with E-state index in [0.29, 0.717) is 24.0 Å². The molecule has 1 aliphatic heterocycles. The number of aryl methyl sites for hydroxylation is 1. The molecule has 0 spiro atoms. The SMILES string of the molecule is COc1cc(OCC(=O)O)c(C)cc1SCCC1CN(Cc2ccc(C(F)(F)F)cc2)c2ccccc21. The molecule has 0 bridgehead atoms. The fourth-order valence-electron chi connectivity index (χ4n) is 4.52. The molecular weight excluding hydrogens is 503 g/mol. The molecule has 0 fully saturated rings. The number of benzene rings is 3. The van der Waals surface area contributed by atoms with E-state index >= 15 is 0 Å². The first kappa shape index (κ1) is 26.7. The first-order valence-electron chi connectivity index (χ1n) is 11.8. The van der Waals surface area contributed by atoms with Gasteiger partial charge in [0.25, 0.3) is 0 Å². The number of alkyl halides is 3. The van der Waals surface area contributed by atoms with Crippen LogP contribution in [0.5, 0.6) is 11.5 Å². The predicted octanol–water partition coefficient (Wildman–Crippen LogP) is 6.77. The minimum Gasteiger partial charge on any atom is -0.495 e. The molecule has 0 aromatic heterocycles. The molecule has 0 saturated heterocycles. The van der Waals surface area contributed by atoms with Gasteiger partial charge >= 0.3 is 12.1 Å². The van der Waals surface area contributed by atoms with Gasteiger partial charge < -0.3 is 19.5 Å². The number of aliphatic carboxylic acids is 1. The number of fused-ring (bicyclic) bond motifs is 1. The van der Waals surface area contributed by atoms with E-state index in [9.17, 15) is 18.0 Å². The summed E-state index contributed by atoms with van der Waals surface area (Å²) in [5, 5.41) is 8.87. The van der Waals surface area contributed by atoms with Crippen LogP contribution in [0.25, 0.3) is 0 Å². The lowest BCUT2D eigenvalue weighted by Gasteiger charge is -2.20. The van der Waals surface area contributed by atoms with Gasteiger partial charge in [0.15, 0.2) is 6.61 Å². The zero-order valence-electron chi connectivity index (χ0n) is 20.5. The maximum Gasteiger partial charge on any atom is 0.416 e. The largest absolute Gasteiger partial charge is 0.495 e. The van der Waals surface area contributed by atoms with Gasteiger partial charge in [-0.2, -0.15) is 13.2 Å². The van der Waals surface area contributed by atoms with Crippen molar-refractivity contribution in [3.8, 4) is 11.5 Å². The zero-order valence-corrected chi connectivity index (χ0v) is 21.4. The van der Waals surface area contributed by atoms with Crippen LogP contribution < -0.4 is 14.4 Å². The van der Waals surface area contributed by atoms with Gasteiger partial charge in [-0.05, 0) is 60.1 Å². The average Bonchev–Trinajstić information content (AvgIpc) is 3.20. The topological polar surface area (TPSA) is 59.0 Å². The summed E-state index contributed by atoms with van der Waals surface area (Å²) in [5.74, 6) is 1.20. The maximum absolute atomic E-state index is 12.9. The molecule has 3 aromatic rings. The lowest BCUT2D eigenvalue weighted by atomic mass is 9.99. The smallest absolute Gasteiger partial charge is 0.416 e. The summed E-state index contributed by atoms with van der Waals surface area (Å²) in [4.78, 5) is 14.0. The Balaban J connectivity index is 1.41. The highest BCUT2D eigenvalue weighted by molar-refractivity contribution is 7.99. The van der Waals surface area contributed by atoms with E-state index in [0.717, 1.165) is 52.6 Å². The summed E-state index contributed by atoms with van der Waals surface area (Å²) in [6.45, 7) is 2.79. The summed E-state index contributed by atoms with van der Waals surface area (Å²) >= 11 is 1.67. The normalized spacial score (nSPS) is 14.9. The molecule has 1 aliphatic rings. The average molecular weight is 532 g/mol. The Bertz CT molecular complexity index is 1250. The van der Waals surface area contributed by atoms with Crippen LogP contribution in [0.3, 0.4) is 0 Å². The Kier molecular flexibility index (Phi) is 8.22. The van der Waals surface area contributed by atoms with Crippen molar-refractivity contribution in [2.75, 3.05) is 30.9 Å². The van der Waals surface area contributed by atoms with Crippen molar-refractivity contribution in [3.05, 3.63) is 82.9 Å². The highest BCUT2D eigenvalue weighted by Gasteiger charge is 2.31. The number of carboxylic acids is 1. The monoisotopic (exact) mass is 531 g/mol. The Hall–Kier alpha value is -3.33. The number of hydrogen-bond acceptors (Lipinski definition) is 5. The van der Waals surface area contributed by atoms with Crippen LogP contribution in [0.2, 0.25) is 0 Å². The highest BCUT2D eigenvalue weighted by Crippen LogP contribution is 2.41. The van der Waals surface area contributed by atoms with E-state index in [-0.39, 0.29) is 0 Å². The maximum atomic E-state index is 12.9. The van der Waals surface area contributed by atoms with Gasteiger partial charge in [0, 0.05) is 35.7 Å². The van der Waals surface area contributed by atoms with Crippen LogP contribution in [0.4, 0.5) is 18.9 Å². The molecule has 0 aliphatic carbocycles. The van der Waals surface area contributed by atoms with E-state index in [4.69, 9.17) is 14.6 Å². The first-order chi connectivity index (χ1) is 17.7. The number of ether oxygens (including phenoxy) is 2. The molecule has 9 heteroatoms. The fourth-order valence-corrected chi connectivity index (χ4v) is 5.69. The van der Waals surface area contributed by atoms with Gasteiger partial charge in [0.05, 0.1) is 12.7 Å². The number of anilines is 1. The summed E-state index contributed by atoms with van der Waals surface area (Å²) in [5.41, 5.74) is 3.39. The third-order valence-corrected chi connectivity index (χ3v) is 7.42. The molecule has 5 nitrogen and oxygen atoms in total. The zero-order chi connectivity index (χ0) is 26.6. The van der Waals surface area contributed by atoms with Crippen molar-refractivity contribution in [1.82, 2.24) is 0 Å². The summed E-state index contributed by atoms with van der Waals surface area (Å²) < 4.78 is 49.6. The van der Waals surface area contributed by atoms with E-state index in [1.165, 1.54) is 5.56 Å². The van der Waals surface area contributed by atoms with Crippen molar-refractivity contribution >= 4 is 23.4 Å². The van der Waals surface area contributed by atoms with E-state index in [1.807, 2.05) is 25.1 Å². The Labute approximate surface area is 218 Å². The molecule has 4 rings (SSSR count). The summed E-state index contributed by atoms with van der Waals surface area (Å²) in [6.07, 6.45) is -3.43. The minimum absolute atomic E-state index is 0.295. The van der Waals surface area contributed by atoms with E-state index in [2.05, 4.69) is 17.0 Å². The number of thioether (sulfide) groups is 1. The van der Waals surface area contributed by atoms with Crippen LogP contribution in [-0.4, -0.2) is 37.1 Å². The number of rotatable bonds is 10. The van der Waals surface area contributed by atoms with Crippen molar-refractivity contribution < 1.29 is 32.5 Å². The molecular formula is C28H28F3NO4S. The van der Waals surface area contributed by atoms with Crippen LogP contribution in [0.1, 0.15) is 34.6 Å². The number of nitrogens with zero attached hydrogens (tertiary/aromatic N) is 1. The Morgan fingerprint density at radius 3 is 2.51 bits per heavy atom. The third-order valence-electron chi connectivity index (χ3n) is 6.35. The first-order valence-corrected chi connectivity index (χ1v) is 12.8. The molecule has 3 aromatic carbocycles. The minimum atomic E-state index is -4.34. The van der Waals surface area contributed by atoms with Crippen LogP contribution in [0, 0.1) is 6.92 Å². The van der Waals surface area contributed by atoms with E-state index < -0.39 is 24.3 Å². The van der Waals surface area contributed by atoms with Crippen molar-refractivity contribution in [3.63, 3.8) is 0 Å². The van der Waals surface area contributed by atoms with Gasteiger partial charge in [0.2, 0.25) is 0 Å². The molecule has 0 amide bonds. The molecule has 0 radical (unpaired) electrons. The van der Waals surface area contributed by atoms with Crippen LogP contribution >= 0.6 is 11.8 Å². The number of hydrogen-bond donors (Lipinski definition) is 1. The number of carboxylic acid groups (broad SMARTS) is 1. The van der Waals surface area contributed by atoms with Crippen LogP contribution in [0.15, 0.2) is 65.6 Å². The Morgan fingerprint density at radius 2 is 1.84 bits per heavy atom. The second kappa shape index (κ2) is 11.4. The molecule has 1 heterocycles. The lowest BCUT2D eigenvalue weighted by molar-refractivity contribution is -0.139. The number of methoxy groups -OCH3 is 1. The third kappa shape index (κ3) is 6.52. The number of carbonyl (C=O) groups is 1. The van der Waals surface area contributed by atoms with Crippen molar-refractivity contribution in [2.45, 2.75) is 36.9 Å². The lowest BCUT2D eigenvalue weighted by Crippen LogP contribution is -2.21. The second-order valence-corrected chi connectivity index (χ2v) is 10.1. The molecule has 1 atom stereocenters. The summed E-state index contributed by atoms with van der Waals surface area (Å²) in [6, 6.07) is 17.2. The highest BCUT2D eigenvalue weighted by atomic mass is 32.2.